The molecule has 0 aliphatic carbocycles. The third kappa shape index (κ3) is 3.60. The van der Waals surface area contributed by atoms with Gasteiger partial charge in [-0.2, -0.15) is 0 Å². The van der Waals surface area contributed by atoms with Crippen LogP contribution in [0.25, 0.3) is 10.8 Å². The summed E-state index contributed by atoms with van der Waals surface area (Å²) in [5.41, 5.74) is 0.0703. The topological polar surface area (TPSA) is 38.3 Å². The normalized spacial score (nSPS) is 10.5. The Kier molecular flexibility index (Phi) is 4.44. The van der Waals surface area contributed by atoms with Crippen LogP contribution in [0.15, 0.2) is 60.7 Å². The number of rotatable bonds is 4. The number of carbonyl (C=O) groups is 1. The van der Waals surface area contributed by atoms with Crippen molar-refractivity contribution in [1.82, 2.24) is 0 Å². The molecule has 3 aromatic rings. The smallest absolute Gasteiger partial charge is 0.262 e. The van der Waals surface area contributed by atoms with E-state index in [0.717, 1.165) is 16.8 Å². The van der Waals surface area contributed by atoms with Crippen LogP contribution in [0.4, 0.5) is 10.1 Å². The fraction of sp³-hybridized carbons (Fsp3) is 0.0556. The van der Waals surface area contributed by atoms with Gasteiger partial charge in [-0.15, -0.1) is 0 Å². The predicted octanol–water partition coefficient (Wildman–Crippen LogP) is 4.65. The zero-order chi connectivity index (χ0) is 16.2. The molecule has 0 aliphatic rings. The molecule has 0 fully saturated rings. The van der Waals surface area contributed by atoms with Crippen molar-refractivity contribution < 1.29 is 13.9 Å². The Labute approximate surface area is 137 Å². The summed E-state index contributed by atoms with van der Waals surface area (Å²) in [6, 6.07) is 17.4. The first kappa shape index (κ1) is 15.3. The molecule has 0 aliphatic heterocycles. The van der Waals surface area contributed by atoms with E-state index in [1.807, 2.05) is 36.4 Å². The number of carbonyl (C=O) groups excluding carboxylic acids is 1. The van der Waals surface area contributed by atoms with E-state index in [1.165, 1.54) is 12.1 Å². The molecule has 5 heteroatoms. The Morgan fingerprint density at radius 1 is 1.09 bits per heavy atom. The van der Waals surface area contributed by atoms with E-state index in [-0.39, 0.29) is 17.3 Å². The maximum atomic E-state index is 13.6. The molecule has 0 bridgehead atoms. The number of amides is 1. The lowest BCUT2D eigenvalue weighted by atomic mass is 10.1. The minimum absolute atomic E-state index is 0.0703. The highest BCUT2D eigenvalue weighted by Gasteiger charge is 2.09. The molecule has 1 amide bonds. The minimum Gasteiger partial charge on any atom is -0.483 e. The van der Waals surface area contributed by atoms with Gasteiger partial charge in [0.1, 0.15) is 11.6 Å². The molecule has 0 saturated heterocycles. The molecule has 0 radical (unpaired) electrons. The number of hydrogen-bond donors (Lipinski definition) is 1. The largest absolute Gasteiger partial charge is 0.483 e. The van der Waals surface area contributed by atoms with E-state index in [4.69, 9.17) is 16.3 Å². The third-order valence-electron chi connectivity index (χ3n) is 3.31. The van der Waals surface area contributed by atoms with Crippen molar-refractivity contribution in [1.29, 1.82) is 0 Å². The second-order valence-corrected chi connectivity index (χ2v) is 5.37. The van der Waals surface area contributed by atoms with Gasteiger partial charge in [0.05, 0.1) is 5.69 Å². The maximum Gasteiger partial charge on any atom is 0.262 e. The molecular weight excluding hydrogens is 317 g/mol. The van der Waals surface area contributed by atoms with E-state index >= 15 is 0 Å². The van der Waals surface area contributed by atoms with Gasteiger partial charge in [-0.25, -0.2) is 4.39 Å². The molecule has 0 saturated carbocycles. The van der Waals surface area contributed by atoms with Crippen molar-refractivity contribution in [3.8, 4) is 5.75 Å². The average molecular weight is 330 g/mol. The van der Waals surface area contributed by atoms with Gasteiger partial charge in [-0.3, -0.25) is 4.79 Å². The standard InChI is InChI=1S/C18H13ClFNO2/c19-13-8-9-16(15(20)10-13)21-18(22)11-23-17-7-3-5-12-4-1-2-6-14(12)17/h1-10H,11H2,(H,21,22). The van der Waals surface area contributed by atoms with Crippen LogP contribution in [0, 0.1) is 5.82 Å². The molecule has 0 heterocycles. The second kappa shape index (κ2) is 6.67. The molecule has 3 nitrogen and oxygen atoms in total. The third-order valence-corrected chi connectivity index (χ3v) is 3.55. The van der Waals surface area contributed by atoms with Crippen molar-refractivity contribution in [3.05, 3.63) is 71.5 Å². The lowest BCUT2D eigenvalue weighted by molar-refractivity contribution is -0.118. The number of fused-ring (bicyclic) bond motifs is 1. The fourth-order valence-corrected chi connectivity index (χ4v) is 2.40. The van der Waals surface area contributed by atoms with Gasteiger partial charge in [-0.05, 0) is 29.7 Å². The van der Waals surface area contributed by atoms with Crippen molar-refractivity contribution >= 4 is 34.0 Å². The monoisotopic (exact) mass is 329 g/mol. The molecule has 3 aromatic carbocycles. The number of benzene rings is 3. The summed E-state index contributed by atoms with van der Waals surface area (Å²) < 4.78 is 19.2. The predicted molar refractivity (Wildman–Crippen MR) is 89.5 cm³/mol. The van der Waals surface area contributed by atoms with E-state index in [1.54, 1.807) is 6.07 Å². The number of halogens is 2. The van der Waals surface area contributed by atoms with Crippen LogP contribution in [0.3, 0.4) is 0 Å². The van der Waals surface area contributed by atoms with Crippen molar-refractivity contribution in [2.24, 2.45) is 0 Å². The summed E-state index contributed by atoms with van der Waals surface area (Å²) in [5, 5.41) is 4.67. The number of ether oxygens (including phenoxy) is 1. The quantitative estimate of drug-likeness (QED) is 0.756. The molecule has 23 heavy (non-hydrogen) atoms. The van der Waals surface area contributed by atoms with Crippen molar-refractivity contribution in [2.75, 3.05) is 11.9 Å². The average Bonchev–Trinajstić information content (AvgIpc) is 2.55. The molecule has 0 atom stereocenters. The molecule has 116 valence electrons. The van der Waals surface area contributed by atoms with Crippen LogP contribution >= 0.6 is 11.6 Å². The van der Waals surface area contributed by atoms with Gasteiger partial charge in [0, 0.05) is 10.4 Å². The minimum atomic E-state index is -0.587. The van der Waals surface area contributed by atoms with Crippen LogP contribution in [-0.2, 0) is 4.79 Å². The lowest BCUT2D eigenvalue weighted by Crippen LogP contribution is -2.20. The van der Waals surface area contributed by atoms with E-state index < -0.39 is 11.7 Å². The zero-order valence-electron chi connectivity index (χ0n) is 12.1. The Bertz CT molecular complexity index is 861. The van der Waals surface area contributed by atoms with E-state index in [0.29, 0.717) is 5.75 Å². The van der Waals surface area contributed by atoms with E-state index in [2.05, 4.69) is 5.32 Å². The molecule has 1 N–H and O–H groups in total. The van der Waals surface area contributed by atoms with Gasteiger partial charge in [0.15, 0.2) is 6.61 Å². The summed E-state index contributed by atoms with van der Waals surface area (Å²) in [6.45, 7) is -0.212. The first-order valence-corrected chi connectivity index (χ1v) is 7.37. The van der Waals surface area contributed by atoms with Crippen LogP contribution in [0.2, 0.25) is 5.02 Å². The first-order chi connectivity index (χ1) is 11.1. The fourth-order valence-electron chi connectivity index (χ4n) is 2.24. The lowest BCUT2D eigenvalue weighted by Gasteiger charge is -2.10. The summed E-state index contributed by atoms with van der Waals surface area (Å²) in [5.74, 6) is -0.426. The molecular formula is C18H13ClFNO2. The van der Waals surface area contributed by atoms with Gasteiger partial charge >= 0.3 is 0 Å². The number of nitrogens with one attached hydrogen (secondary N) is 1. The Hall–Kier alpha value is -2.59. The Morgan fingerprint density at radius 2 is 1.87 bits per heavy atom. The summed E-state index contributed by atoms with van der Waals surface area (Å²) in [6.07, 6.45) is 0. The molecule has 0 unspecified atom stereocenters. The number of hydrogen-bond acceptors (Lipinski definition) is 2. The van der Waals surface area contributed by atoms with Crippen LogP contribution < -0.4 is 10.1 Å². The van der Waals surface area contributed by atoms with Crippen LogP contribution in [0.1, 0.15) is 0 Å². The van der Waals surface area contributed by atoms with Gasteiger partial charge < -0.3 is 10.1 Å². The van der Waals surface area contributed by atoms with Crippen LogP contribution in [0.5, 0.6) is 5.75 Å². The Morgan fingerprint density at radius 3 is 2.70 bits per heavy atom. The van der Waals surface area contributed by atoms with Crippen LogP contribution in [-0.4, -0.2) is 12.5 Å². The van der Waals surface area contributed by atoms with Gasteiger partial charge in [-0.1, -0.05) is 48.0 Å². The van der Waals surface area contributed by atoms with E-state index in [9.17, 15) is 9.18 Å². The Balaban J connectivity index is 1.69. The first-order valence-electron chi connectivity index (χ1n) is 6.99. The summed E-state index contributed by atoms with van der Waals surface area (Å²) >= 11 is 5.67. The summed E-state index contributed by atoms with van der Waals surface area (Å²) in [4.78, 5) is 11.9. The zero-order valence-corrected chi connectivity index (χ0v) is 12.8. The van der Waals surface area contributed by atoms with Gasteiger partial charge in [0.2, 0.25) is 0 Å². The summed E-state index contributed by atoms with van der Waals surface area (Å²) in [7, 11) is 0. The molecule has 0 spiro atoms. The second-order valence-electron chi connectivity index (χ2n) is 4.94. The SMILES string of the molecule is O=C(COc1cccc2ccccc12)Nc1ccc(Cl)cc1F. The molecule has 3 rings (SSSR count). The maximum absolute atomic E-state index is 13.6. The van der Waals surface area contributed by atoms with Gasteiger partial charge in [0.25, 0.3) is 5.91 Å². The number of anilines is 1. The highest BCUT2D eigenvalue weighted by atomic mass is 35.5. The highest BCUT2D eigenvalue weighted by Crippen LogP contribution is 2.25. The molecule has 0 aromatic heterocycles. The van der Waals surface area contributed by atoms with Crippen molar-refractivity contribution in [2.45, 2.75) is 0 Å². The van der Waals surface area contributed by atoms with Crippen molar-refractivity contribution in [3.63, 3.8) is 0 Å². The highest BCUT2D eigenvalue weighted by molar-refractivity contribution is 6.30.